The fourth-order valence-corrected chi connectivity index (χ4v) is 4.38. The molecule has 28 heavy (non-hydrogen) atoms. The first-order valence-electron chi connectivity index (χ1n) is 8.56. The Morgan fingerprint density at radius 3 is 2.50 bits per heavy atom. The summed E-state index contributed by atoms with van der Waals surface area (Å²) < 4.78 is 26.2. The van der Waals surface area contributed by atoms with Gasteiger partial charge in [0.15, 0.2) is 0 Å². The third kappa shape index (κ3) is 7.26. The van der Waals surface area contributed by atoms with Gasteiger partial charge in [-0.2, -0.15) is 0 Å². The number of anilines is 1. The van der Waals surface area contributed by atoms with E-state index in [-0.39, 0.29) is 30.5 Å². The summed E-state index contributed by atoms with van der Waals surface area (Å²) >= 11 is 1.47. The van der Waals surface area contributed by atoms with Crippen molar-refractivity contribution in [2.24, 2.45) is 0 Å². The number of sulfonamides is 1. The van der Waals surface area contributed by atoms with Crippen LogP contribution >= 0.6 is 11.3 Å². The molecule has 3 N–H and O–H groups in total. The number of rotatable bonds is 10. The van der Waals surface area contributed by atoms with Crippen LogP contribution in [0.15, 0.2) is 54.4 Å². The smallest absolute Gasteiger partial charge is 0.226 e. The molecule has 0 fully saturated rings. The number of hydrogen-bond donors (Lipinski definition) is 3. The van der Waals surface area contributed by atoms with Crippen LogP contribution in [0.2, 0.25) is 0 Å². The van der Waals surface area contributed by atoms with E-state index >= 15 is 0 Å². The van der Waals surface area contributed by atoms with Gasteiger partial charge in [-0.1, -0.05) is 24.3 Å². The van der Waals surface area contributed by atoms with Crippen LogP contribution in [-0.4, -0.2) is 26.8 Å². The average Bonchev–Trinajstić information content (AvgIpc) is 3.15. The molecule has 1 aromatic heterocycles. The highest BCUT2D eigenvalue weighted by molar-refractivity contribution is 7.88. The minimum Gasteiger partial charge on any atom is -0.348 e. The van der Waals surface area contributed by atoms with Gasteiger partial charge in [0.2, 0.25) is 21.8 Å². The van der Waals surface area contributed by atoms with Crippen molar-refractivity contribution in [2.45, 2.75) is 25.1 Å². The Labute approximate surface area is 168 Å². The zero-order valence-corrected chi connectivity index (χ0v) is 17.1. The number of hydrogen-bond acceptors (Lipinski definition) is 5. The van der Waals surface area contributed by atoms with Crippen molar-refractivity contribution in [1.29, 1.82) is 0 Å². The number of nitrogens with one attached hydrogen (secondary N) is 3. The van der Waals surface area contributed by atoms with E-state index < -0.39 is 16.1 Å². The van der Waals surface area contributed by atoms with Crippen LogP contribution in [0.5, 0.6) is 0 Å². The second-order valence-corrected chi connectivity index (χ2v) is 8.90. The molecule has 150 valence electrons. The van der Waals surface area contributed by atoms with E-state index in [1.54, 1.807) is 24.3 Å². The molecule has 1 aromatic carbocycles. The zero-order chi connectivity index (χ0) is 20.6. The summed E-state index contributed by atoms with van der Waals surface area (Å²) in [6.45, 7) is 5.06. The molecule has 0 spiro atoms. The predicted octanol–water partition coefficient (Wildman–Crippen LogP) is 2.56. The Hall–Kier alpha value is -2.49. The molecule has 0 aliphatic rings. The Balaban J connectivity index is 1.96. The fraction of sp³-hybridized carbons (Fsp3) is 0.263. The predicted molar refractivity (Wildman–Crippen MR) is 111 cm³/mol. The third-order valence-corrected chi connectivity index (χ3v) is 6.00. The van der Waals surface area contributed by atoms with Gasteiger partial charge in [-0.3, -0.25) is 9.59 Å². The van der Waals surface area contributed by atoms with E-state index in [0.717, 1.165) is 4.88 Å². The van der Waals surface area contributed by atoms with Crippen LogP contribution in [-0.2, 0) is 25.4 Å². The number of thiophene rings is 1. The highest BCUT2D eigenvalue weighted by Gasteiger charge is 2.18. The SMILES string of the molecule is C=CCNS(=O)(=O)Cc1ccc(NC(=O)CC(NC(C)=O)c2cccs2)cc1. The van der Waals surface area contributed by atoms with Gasteiger partial charge in [0.1, 0.15) is 0 Å². The van der Waals surface area contributed by atoms with Gasteiger partial charge in [0.05, 0.1) is 18.2 Å². The van der Waals surface area contributed by atoms with Crippen LogP contribution < -0.4 is 15.4 Å². The molecule has 0 saturated carbocycles. The number of benzene rings is 1. The maximum absolute atomic E-state index is 12.4. The van der Waals surface area contributed by atoms with Gasteiger partial charge in [-0.15, -0.1) is 17.9 Å². The molecule has 1 atom stereocenters. The van der Waals surface area contributed by atoms with Crippen molar-refractivity contribution in [3.05, 3.63) is 64.9 Å². The first-order chi connectivity index (χ1) is 13.3. The molecule has 0 bridgehead atoms. The molecule has 2 aromatic rings. The summed E-state index contributed by atoms with van der Waals surface area (Å²) in [7, 11) is -3.43. The van der Waals surface area contributed by atoms with Crippen LogP contribution in [0.4, 0.5) is 5.69 Å². The molecule has 7 nitrogen and oxygen atoms in total. The summed E-state index contributed by atoms with van der Waals surface area (Å²) in [5, 5.41) is 7.44. The van der Waals surface area contributed by atoms with Crippen molar-refractivity contribution >= 4 is 38.9 Å². The minimum absolute atomic E-state index is 0.0989. The summed E-state index contributed by atoms with van der Waals surface area (Å²) in [6, 6.07) is 9.93. The maximum atomic E-state index is 12.4. The quantitative estimate of drug-likeness (QED) is 0.513. The molecular weight excluding hydrogens is 398 g/mol. The third-order valence-electron chi connectivity index (χ3n) is 3.70. The largest absolute Gasteiger partial charge is 0.348 e. The van der Waals surface area contributed by atoms with Gasteiger partial charge in [0, 0.05) is 24.0 Å². The highest BCUT2D eigenvalue weighted by atomic mass is 32.2. The van der Waals surface area contributed by atoms with Crippen LogP contribution in [0.3, 0.4) is 0 Å². The topological polar surface area (TPSA) is 104 Å². The highest BCUT2D eigenvalue weighted by Crippen LogP contribution is 2.23. The van der Waals surface area contributed by atoms with Crippen molar-refractivity contribution < 1.29 is 18.0 Å². The summed E-state index contributed by atoms with van der Waals surface area (Å²) in [4.78, 5) is 24.7. The van der Waals surface area contributed by atoms with E-state index in [0.29, 0.717) is 11.3 Å². The van der Waals surface area contributed by atoms with Gasteiger partial charge in [0.25, 0.3) is 0 Å². The van der Waals surface area contributed by atoms with Crippen molar-refractivity contribution in [3.8, 4) is 0 Å². The summed E-state index contributed by atoms with van der Waals surface area (Å²) in [6.07, 6.45) is 1.57. The molecule has 1 unspecified atom stereocenters. The zero-order valence-electron chi connectivity index (χ0n) is 15.5. The van der Waals surface area contributed by atoms with Crippen LogP contribution in [0, 0.1) is 0 Å². The molecule has 1 heterocycles. The van der Waals surface area contributed by atoms with E-state index in [9.17, 15) is 18.0 Å². The van der Waals surface area contributed by atoms with Gasteiger partial charge in [-0.25, -0.2) is 13.1 Å². The normalized spacial score (nSPS) is 12.2. The van der Waals surface area contributed by atoms with Gasteiger partial charge < -0.3 is 10.6 Å². The van der Waals surface area contributed by atoms with E-state index in [1.807, 2.05) is 17.5 Å². The van der Waals surface area contributed by atoms with Crippen LogP contribution in [0.1, 0.15) is 29.8 Å². The molecule has 2 rings (SSSR count). The Kier molecular flexibility index (Phi) is 7.91. The first-order valence-corrected chi connectivity index (χ1v) is 11.1. The lowest BCUT2D eigenvalue weighted by atomic mass is 10.1. The molecule has 0 radical (unpaired) electrons. The van der Waals surface area contributed by atoms with Crippen molar-refractivity contribution in [1.82, 2.24) is 10.0 Å². The Bertz CT molecular complexity index is 907. The number of carbonyl (C=O) groups is 2. The van der Waals surface area contributed by atoms with Gasteiger partial charge in [-0.05, 0) is 29.1 Å². The fourth-order valence-electron chi connectivity index (χ4n) is 2.50. The molecule has 0 aliphatic heterocycles. The standard InChI is InChI=1S/C19H23N3O4S2/c1-3-10-20-28(25,26)13-15-6-8-16(9-7-15)22-19(24)12-17(21-14(2)23)18-5-4-11-27-18/h3-9,11,17,20H,1,10,12-13H2,2H3,(H,21,23)(H,22,24). The van der Waals surface area contributed by atoms with Crippen LogP contribution in [0.25, 0.3) is 0 Å². The van der Waals surface area contributed by atoms with E-state index in [2.05, 4.69) is 21.9 Å². The Morgan fingerprint density at radius 1 is 1.21 bits per heavy atom. The average molecular weight is 422 g/mol. The molecular formula is C19H23N3O4S2. The van der Waals surface area contributed by atoms with E-state index in [1.165, 1.54) is 24.3 Å². The summed E-state index contributed by atoms with van der Waals surface area (Å²) in [5.74, 6) is -0.611. The minimum atomic E-state index is -3.43. The van der Waals surface area contributed by atoms with E-state index in [4.69, 9.17) is 0 Å². The lowest BCUT2D eigenvalue weighted by Crippen LogP contribution is -2.29. The molecule has 2 amide bonds. The lowest BCUT2D eigenvalue weighted by molar-refractivity contribution is -0.120. The molecule has 9 heteroatoms. The van der Waals surface area contributed by atoms with Gasteiger partial charge >= 0.3 is 0 Å². The lowest BCUT2D eigenvalue weighted by Gasteiger charge is -2.16. The van der Waals surface area contributed by atoms with Crippen molar-refractivity contribution in [2.75, 3.05) is 11.9 Å². The van der Waals surface area contributed by atoms with Crippen molar-refractivity contribution in [3.63, 3.8) is 0 Å². The second kappa shape index (κ2) is 10.2. The second-order valence-electron chi connectivity index (χ2n) is 6.11. The number of amides is 2. The monoisotopic (exact) mass is 421 g/mol. The maximum Gasteiger partial charge on any atom is 0.226 e. The molecule has 0 aliphatic carbocycles. The summed E-state index contributed by atoms with van der Waals surface area (Å²) in [5.41, 5.74) is 1.15. The Morgan fingerprint density at radius 2 is 1.93 bits per heavy atom. The molecule has 0 saturated heterocycles. The first kappa shape index (κ1) is 21.8. The number of carbonyl (C=O) groups excluding carboxylic acids is 2.